The van der Waals surface area contributed by atoms with Crippen molar-refractivity contribution in [1.82, 2.24) is 0 Å². The van der Waals surface area contributed by atoms with Gasteiger partial charge in [-0.3, -0.25) is 0 Å². The minimum atomic E-state index is -3.01. The normalized spacial score (nSPS) is 17.5. The Morgan fingerprint density at radius 1 is 1.45 bits per heavy atom. The van der Waals surface area contributed by atoms with Crippen LogP contribution in [0, 0.1) is 11.3 Å². The molecule has 2 heterocycles. The third kappa shape index (κ3) is 2.57. The van der Waals surface area contributed by atoms with Crippen LogP contribution in [-0.2, 0) is 14.6 Å². The SMILES string of the molecule is COC(=O)c1sc(N2CCS(=O)(=O)CC2)c(C#N)c1N. The number of nitriles is 1. The van der Waals surface area contributed by atoms with E-state index in [1.165, 1.54) is 7.11 Å². The minimum Gasteiger partial charge on any atom is -0.465 e. The summed E-state index contributed by atoms with van der Waals surface area (Å²) in [4.78, 5) is 13.5. The number of hydrogen-bond acceptors (Lipinski definition) is 8. The number of hydrogen-bond donors (Lipinski definition) is 1. The van der Waals surface area contributed by atoms with E-state index in [2.05, 4.69) is 4.74 Å². The number of ether oxygens (including phenoxy) is 1. The maximum absolute atomic E-state index is 11.6. The monoisotopic (exact) mass is 315 g/mol. The van der Waals surface area contributed by atoms with Gasteiger partial charge in [0.15, 0.2) is 9.84 Å². The molecule has 9 heteroatoms. The first-order valence-corrected chi connectivity index (χ1v) is 8.39. The zero-order valence-corrected chi connectivity index (χ0v) is 12.4. The predicted octanol–water partition coefficient (Wildman–Crippen LogP) is 0.223. The lowest BCUT2D eigenvalue weighted by molar-refractivity contribution is 0.0607. The van der Waals surface area contributed by atoms with Crippen LogP contribution in [0.25, 0.3) is 0 Å². The molecule has 1 saturated heterocycles. The fraction of sp³-hybridized carbons (Fsp3) is 0.455. The van der Waals surface area contributed by atoms with Crippen LogP contribution < -0.4 is 10.6 Å². The molecule has 7 nitrogen and oxygen atoms in total. The molecule has 108 valence electrons. The molecule has 1 aromatic heterocycles. The van der Waals surface area contributed by atoms with Crippen molar-refractivity contribution in [2.75, 3.05) is 42.3 Å². The molecule has 0 aromatic carbocycles. The zero-order valence-electron chi connectivity index (χ0n) is 10.7. The van der Waals surface area contributed by atoms with Crippen molar-refractivity contribution >= 4 is 37.8 Å². The smallest absolute Gasteiger partial charge is 0.350 e. The summed E-state index contributed by atoms with van der Waals surface area (Å²) in [6, 6.07) is 1.97. The molecule has 1 fully saturated rings. The van der Waals surface area contributed by atoms with Crippen LogP contribution in [0.15, 0.2) is 0 Å². The average Bonchev–Trinajstić information content (AvgIpc) is 2.75. The van der Waals surface area contributed by atoms with Crippen molar-refractivity contribution in [3.05, 3.63) is 10.4 Å². The van der Waals surface area contributed by atoms with Crippen LogP contribution in [0.2, 0.25) is 0 Å². The van der Waals surface area contributed by atoms with E-state index in [9.17, 15) is 18.5 Å². The number of anilines is 2. The van der Waals surface area contributed by atoms with Crippen molar-refractivity contribution < 1.29 is 17.9 Å². The third-order valence-corrected chi connectivity index (χ3v) is 5.90. The molecule has 2 rings (SSSR count). The van der Waals surface area contributed by atoms with Crippen LogP contribution in [-0.4, -0.2) is 46.1 Å². The number of nitrogens with zero attached hydrogens (tertiary/aromatic N) is 2. The Labute approximate surface area is 120 Å². The van der Waals surface area contributed by atoms with E-state index >= 15 is 0 Å². The second kappa shape index (κ2) is 5.30. The van der Waals surface area contributed by atoms with Crippen LogP contribution >= 0.6 is 11.3 Å². The van der Waals surface area contributed by atoms with Gasteiger partial charge in [-0.25, -0.2) is 13.2 Å². The first-order valence-electron chi connectivity index (χ1n) is 5.75. The van der Waals surface area contributed by atoms with Crippen molar-refractivity contribution in [3.63, 3.8) is 0 Å². The standard InChI is InChI=1S/C11H13N3O4S2/c1-18-11(15)9-8(13)7(6-12)10(19-9)14-2-4-20(16,17)5-3-14/h2-5,13H2,1H3. The van der Waals surface area contributed by atoms with Crippen molar-refractivity contribution in [2.45, 2.75) is 0 Å². The summed E-state index contributed by atoms with van der Waals surface area (Å²) < 4.78 is 27.5. The van der Waals surface area contributed by atoms with E-state index in [1.54, 1.807) is 4.90 Å². The molecule has 0 atom stereocenters. The summed E-state index contributed by atoms with van der Waals surface area (Å²) in [5.74, 6) is -0.535. The highest BCUT2D eigenvalue weighted by molar-refractivity contribution is 7.91. The molecule has 0 bridgehead atoms. The lowest BCUT2D eigenvalue weighted by Gasteiger charge is -2.27. The second-order valence-electron chi connectivity index (χ2n) is 4.27. The summed E-state index contributed by atoms with van der Waals surface area (Å²) in [7, 11) is -1.77. The number of thiophene rings is 1. The Morgan fingerprint density at radius 3 is 2.55 bits per heavy atom. The third-order valence-electron chi connectivity index (χ3n) is 3.04. The maximum Gasteiger partial charge on any atom is 0.350 e. The molecule has 20 heavy (non-hydrogen) atoms. The number of carbonyl (C=O) groups is 1. The zero-order chi connectivity index (χ0) is 14.9. The van der Waals surface area contributed by atoms with Gasteiger partial charge in [0.1, 0.15) is 21.5 Å². The lowest BCUT2D eigenvalue weighted by atomic mass is 10.2. The van der Waals surface area contributed by atoms with E-state index in [1.807, 2.05) is 6.07 Å². The topological polar surface area (TPSA) is 113 Å². The van der Waals surface area contributed by atoms with Crippen molar-refractivity contribution in [3.8, 4) is 6.07 Å². The van der Waals surface area contributed by atoms with Crippen LogP contribution in [0.4, 0.5) is 10.7 Å². The van der Waals surface area contributed by atoms with Gasteiger partial charge in [0.05, 0.1) is 24.3 Å². The van der Waals surface area contributed by atoms with Gasteiger partial charge in [-0.2, -0.15) is 5.26 Å². The molecule has 1 aliphatic rings. The van der Waals surface area contributed by atoms with Gasteiger partial charge in [0.2, 0.25) is 0 Å². The van der Waals surface area contributed by atoms with Gasteiger partial charge >= 0.3 is 5.97 Å². The fourth-order valence-corrected chi connectivity index (χ4v) is 4.26. The summed E-state index contributed by atoms with van der Waals surface area (Å²) in [6.45, 7) is 0.579. The molecular weight excluding hydrogens is 302 g/mol. The Morgan fingerprint density at radius 2 is 2.05 bits per heavy atom. The summed E-state index contributed by atoms with van der Waals surface area (Å²) in [5, 5.41) is 9.71. The Balaban J connectivity index is 2.38. The first-order chi connectivity index (χ1) is 9.39. The van der Waals surface area contributed by atoms with Crippen molar-refractivity contribution in [1.29, 1.82) is 5.26 Å². The Hall–Kier alpha value is -1.79. The van der Waals surface area contributed by atoms with Gasteiger partial charge in [0, 0.05) is 13.1 Å². The van der Waals surface area contributed by atoms with Gasteiger partial charge in [-0.05, 0) is 0 Å². The van der Waals surface area contributed by atoms with E-state index in [0.717, 1.165) is 11.3 Å². The van der Waals surface area contributed by atoms with Crippen LogP contribution in [0.5, 0.6) is 0 Å². The Kier molecular flexibility index (Phi) is 3.87. The molecule has 2 N–H and O–H groups in total. The molecular formula is C11H13N3O4S2. The van der Waals surface area contributed by atoms with Crippen molar-refractivity contribution in [2.24, 2.45) is 0 Å². The highest BCUT2D eigenvalue weighted by Gasteiger charge is 2.28. The quantitative estimate of drug-likeness (QED) is 0.777. The number of methoxy groups -OCH3 is 1. The molecule has 0 saturated carbocycles. The number of nitrogens with two attached hydrogens (primary N) is 1. The van der Waals surface area contributed by atoms with Crippen LogP contribution in [0.1, 0.15) is 15.2 Å². The fourth-order valence-electron chi connectivity index (χ4n) is 1.92. The maximum atomic E-state index is 11.6. The number of sulfone groups is 1. The first kappa shape index (κ1) is 14.6. The predicted molar refractivity (Wildman–Crippen MR) is 75.7 cm³/mol. The lowest BCUT2D eigenvalue weighted by Crippen LogP contribution is -2.40. The van der Waals surface area contributed by atoms with Gasteiger partial charge in [-0.15, -0.1) is 11.3 Å². The van der Waals surface area contributed by atoms with E-state index in [0.29, 0.717) is 5.00 Å². The van der Waals surface area contributed by atoms with E-state index in [-0.39, 0.29) is 40.7 Å². The summed E-state index contributed by atoms with van der Waals surface area (Å²) in [6.07, 6.45) is 0. The highest BCUT2D eigenvalue weighted by Crippen LogP contribution is 2.38. The molecule has 0 spiro atoms. The molecule has 0 aliphatic carbocycles. The van der Waals surface area contributed by atoms with Gasteiger partial charge < -0.3 is 15.4 Å². The largest absolute Gasteiger partial charge is 0.465 e. The molecule has 0 amide bonds. The molecule has 1 aromatic rings. The minimum absolute atomic E-state index is 0.0310. The molecule has 1 aliphatic heterocycles. The Bertz CT molecular complexity index is 673. The highest BCUT2D eigenvalue weighted by atomic mass is 32.2. The number of nitrogen functional groups attached to an aromatic ring is 1. The summed E-state index contributed by atoms with van der Waals surface area (Å²) in [5.41, 5.74) is 6.09. The number of esters is 1. The van der Waals surface area contributed by atoms with E-state index < -0.39 is 15.8 Å². The average molecular weight is 315 g/mol. The second-order valence-corrected chi connectivity index (χ2v) is 7.57. The van der Waals surface area contributed by atoms with E-state index in [4.69, 9.17) is 5.73 Å². The van der Waals surface area contributed by atoms with Gasteiger partial charge in [-0.1, -0.05) is 0 Å². The molecule has 0 unspecified atom stereocenters. The number of rotatable bonds is 2. The molecule has 0 radical (unpaired) electrons. The number of carbonyl (C=O) groups excluding carboxylic acids is 1. The summed E-state index contributed by atoms with van der Waals surface area (Å²) >= 11 is 1.06. The van der Waals surface area contributed by atoms with Gasteiger partial charge in [0.25, 0.3) is 0 Å². The van der Waals surface area contributed by atoms with Crippen LogP contribution in [0.3, 0.4) is 0 Å².